The summed E-state index contributed by atoms with van der Waals surface area (Å²) in [5.74, 6) is -0.813. The standard InChI is InChI=1S/C21H22N4O5S2/c1-15-12-18(22-25(15)17-6-4-3-5-7-17)20(26)23-8-10-24(11-9-23)32(28,29)19-13-16(14-31-19)21(27)30-2/h3-7,12-14H,8-11H2,1-2H3. The zero-order chi connectivity index (χ0) is 22.9. The molecular weight excluding hydrogens is 452 g/mol. The Hall–Kier alpha value is -3.02. The lowest BCUT2D eigenvalue weighted by Crippen LogP contribution is -2.50. The molecule has 1 aliphatic rings. The zero-order valence-corrected chi connectivity index (χ0v) is 19.2. The van der Waals surface area contributed by atoms with Gasteiger partial charge in [0.15, 0.2) is 5.69 Å². The van der Waals surface area contributed by atoms with Gasteiger partial charge in [-0.2, -0.15) is 9.40 Å². The molecule has 11 heteroatoms. The maximum absolute atomic E-state index is 13.0. The van der Waals surface area contributed by atoms with Crippen LogP contribution in [0.4, 0.5) is 0 Å². The first-order chi connectivity index (χ1) is 15.3. The molecule has 32 heavy (non-hydrogen) atoms. The van der Waals surface area contributed by atoms with Gasteiger partial charge in [-0.3, -0.25) is 4.79 Å². The number of piperazine rings is 1. The fourth-order valence-corrected chi connectivity index (χ4v) is 6.23. The van der Waals surface area contributed by atoms with Crippen molar-refractivity contribution in [3.8, 4) is 5.69 Å². The first-order valence-corrected chi connectivity index (χ1v) is 12.2. The van der Waals surface area contributed by atoms with E-state index in [0.717, 1.165) is 22.7 Å². The quantitative estimate of drug-likeness (QED) is 0.526. The number of carbonyl (C=O) groups is 2. The van der Waals surface area contributed by atoms with Gasteiger partial charge >= 0.3 is 5.97 Å². The Labute approximate surface area is 189 Å². The van der Waals surface area contributed by atoms with E-state index in [4.69, 9.17) is 0 Å². The molecule has 1 aromatic carbocycles. The summed E-state index contributed by atoms with van der Waals surface area (Å²) in [6.07, 6.45) is 0. The summed E-state index contributed by atoms with van der Waals surface area (Å²) in [6, 6.07) is 12.6. The van der Waals surface area contributed by atoms with Crippen LogP contribution in [0.25, 0.3) is 5.69 Å². The molecule has 0 aliphatic carbocycles. The molecule has 1 saturated heterocycles. The average Bonchev–Trinajstić information content (AvgIpc) is 3.46. The van der Waals surface area contributed by atoms with Crippen molar-refractivity contribution in [3.63, 3.8) is 0 Å². The molecule has 168 valence electrons. The lowest BCUT2D eigenvalue weighted by Gasteiger charge is -2.33. The molecule has 2 aromatic heterocycles. The summed E-state index contributed by atoms with van der Waals surface area (Å²) in [5, 5.41) is 5.91. The van der Waals surface area contributed by atoms with Crippen molar-refractivity contribution in [1.29, 1.82) is 0 Å². The van der Waals surface area contributed by atoms with Crippen LogP contribution in [0.15, 0.2) is 52.1 Å². The van der Waals surface area contributed by atoms with E-state index in [0.29, 0.717) is 5.69 Å². The minimum Gasteiger partial charge on any atom is -0.465 e. The van der Waals surface area contributed by atoms with E-state index in [1.165, 1.54) is 22.9 Å². The maximum atomic E-state index is 13.0. The maximum Gasteiger partial charge on any atom is 0.338 e. The number of para-hydroxylation sites is 1. The molecule has 1 fully saturated rings. The summed E-state index contributed by atoms with van der Waals surface area (Å²) in [4.78, 5) is 26.2. The van der Waals surface area contributed by atoms with Crippen molar-refractivity contribution in [2.75, 3.05) is 33.3 Å². The van der Waals surface area contributed by atoms with Crippen LogP contribution in [0.1, 0.15) is 26.5 Å². The van der Waals surface area contributed by atoms with Crippen LogP contribution in [0, 0.1) is 6.92 Å². The third kappa shape index (κ3) is 4.18. The molecular formula is C21H22N4O5S2. The van der Waals surface area contributed by atoms with Gasteiger partial charge in [-0.1, -0.05) is 18.2 Å². The van der Waals surface area contributed by atoms with Crippen LogP contribution < -0.4 is 0 Å². The molecule has 0 unspecified atom stereocenters. The van der Waals surface area contributed by atoms with Crippen LogP contribution in [-0.4, -0.2) is 72.6 Å². The number of sulfonamides is 1. The smallest absolute Gasteiger partial charge is 0.338 e. The number of aromatic nitrogens is 2. The van der Waals surface area contributed by atoms with Gasteiger partial charge in [-0.15, -0.1) is 11.3 Å². The highest BCUT2D eigenvalue weighted by Gasteiger charge is 2.32. The average molecular weight is 475 g/mol. The molecule has 9 nitrogen and oxygen atoms in total. The van der Waals surface area contributed by atoms with E-state index in [9.17, 15) is 18.0 Å². The highest BCUT2D eigenvalue weighted by Crippen LogP contribution is 2.25. The van der Waals surface area contributed by atoms with Gasteiger partial charge in [0, 0.05) is 37.3 Å². The number of methoxy groups -OCH3 is 1. The van der Waals surface area contributed by atoms with Crippen LogP contribution in [0.5, 0.6) is 0 Å². The van der Waals surface area contributed by atoms with Crippen LogP contribution in [0.2, 0.25) is 0 Å². The molecule has 0 atom stereocenters. The van der Waals surface area contributed by atoms with E-state index < -0.39 is 16.0 Å². The van der Waals surface area contributed by atoms with E-state index >= 15 is 0 Å². The Morgan fingerprint density at radius 2 is 1.75 bits per heavy atom. The van der Waals surface area contributed by atoms with Gasteiger partial charge in [-0.05, 0) is 31.2 Å². The SMILES string of the molecule is COC(=O)c1csc(S(=O)(=O)N2CCN(C(=O)c3cc(C)n(-c4ccccc4)n3)CC2)c1. The van der Waals surface area contributed by atoms with Gasteiger partial charge < -0.3 is 9.64 Å². The number of amides is 1. The molecule has 0 spiro atoms. The Morgan fingerprint density at radius 1 is 1.06 bits per heavy atom. The molecule has 3 heterocycles. The summed E-state index contributed by atoms with van der Waals surface area (Å²) in [5.41, 5.74) is 2.22. The molecule has 0 bridgehead atoms. The van der Waals surface area contributed by atoms with Gasteiger partial charge in [0.1, 0.15) is 4.21 Å². The molecule has 4 rings (SSSR count). The van der Waals surface area contributed by atoms with Crippen molar-refractivity contribution in [1.82, 2.24) is 19.0 Å². The number of hydrogen-bond donors (Lipinski definition) is 0. The van der Waals surface area contributed by atoms with E-state index in [-0.39, 0.29) is 41.9 Å². The number of aryl methyl sites for hydroxylation is 1. The van der Waals surface area contributed by atoms with E-state index in [1.807, 2.05) is 37.3 Å². The Bertz CT molecular complexity index is 1240. The molecule has 0 saturated carbocycles. The number of nitrogens with zero attached hydrogens (tertiary/aromatic N) is 4. The Kier molecular flexibility index (Phi) is 6.13. The van der Waals surface area contributed by atoms with Crippen molar-refractivity contribution in [2.45, 2.75) is 11.1 Å². The molecule has 1 aliphatic heterocycles. The monoisotopic (exact) mass is 474 g/mol. The number of benzene rings is 1. The lowest BCUT2D eigenvalue weighted by molar-refractivity contribution is 0.0600. The fraction of sp³-hybridized carbons (Fsp3) is 0.286. The summed E-state index contributed by atoms with van der Waals surface area (Å²) >= 11 is 0.976. The molecule has 3 aromatic rings. The number of hydrogen-bond acceptors (Lipinski definition) is 7. The summed E-state index contributed by atoms with van der Waals surface area (Å²) in [6.45, 7) is 2.72. The Morgan fingerprint density at radius 3 is 2.41 bits per heavy atom. The second-order valence-electron chi connectivity index (χ2n) is 7.26. The zero-order valence-electron chi connectivity index (χ0n) is 17.6. The minimum atomic E-state index is -3.75. The van der Waals surface area contributed by atoms with E-state index in [2.05, 4.69) is 9.84 Å². The highest BCUT2D eigenvalue weighted by atomic mass is 32.2. The predicted molar refractivity (Wildman–Crippen MR) is 119 cm³/mol. The number of rotatable bonds is 5. The number of ether oxygens (including phenoxy) is 1. The van der Waals surface area contributed by atoms with Gasteiger partial charge in [0.25, 0.3) is 15.9 Å². The first kappa shape index (κ1) is 22.2. The summed E-state index contributed by atoms with van der Waals surface area (Å²) < 4.78 is 33.6. The van der Waals surface area contributed by atoms with Crippen molar-refractivity contribution < 1.29 is 22.7 Å². The third-order valence-electron chi connectivity index (χ3n) is 5.22. The van der Waals surface area contributed by atoms with Crippen LogP contribution in [-0.2, 0) is 14.8 Å². The topological polar surface area (TPSA) is 102 Å². The second-order valence-corrected chi connectivity index (χ2v) is 10.3. The third-order valence-corrected chi connectivity index (χ3v) is 8.54. The number of carbonyl (C=O) groups excluding carboxylic acids is 2. The van der Waals surface area contributed by atoms with Gasteiger partial charge in [-0.25, -0.2) is 17.9 Å². The first-order valence-electron chi connectivity index (χ1n) is 9.89. The molecule has 0 radical (unpaired) electrons. The van der Waals surface area contributed by atoms with Crippen molar-refractivity contribution in [3.05, 3.63) is 64.8 Å². The molecule has 0 N–H and O–H groups in total. The normalized spacial score (nSPS) is 15.0. The lowest BCUT2D eigenvalue weighted by atomic mass is 10.3. The Balaban J connectivity index is 1.44. The fourth-order valence-electron chi connectivity index (χ4n) is 3.51. The number of esters is 1. The van der Waals surface area contributed by atoms with Crippen molar-refractivity contribution in [2.24, 2.45) is 0 Å². The largest absolute Gasteiger partial charge is 0.465 e. The summed E-state index contributed by atoms with van der Waals surface area (Å²) in [7, 11) is -2.50. The van der Waals surface area contributed by atoms with Gasteiger partial charge in [0.2, 0.25) is 0 Å². The molecule has 1 amide bonds. The predicted octanol–water partition coefficient (Wildman–Crippen LogP) is 2.18. The second kappa shape index (κ2) is 8.85. The highest BCUT2D eigenvalue weighted by molar-refractivity contribution is 7.91. The van der Waals surface area contributed by atoms with Crippen LogP contribution in [0.3, 0.4) is 0 Å². The van der Waals surface area contributed by atoms with Crippen molar-refractivity contribution >= 4 is 33.2 Å². The van der Waals surface area contributed by atoms with Crippen LogP contribution >= 0.6 is 11.3 Å². The van der Waals surface area contributed by atoms with Gasteiger partial charge in [0.05, 0.1) is 18.4 Å². The number of thiophene rings is 1. The minimum absolute atomic E-state index is 0.0786. The van der Waals surface area contributed by atoms with E-state index in [1.54, 1.807) is 15.6 Å².